The van der Waals surface area contributed by atoms with Crippen molar-refractivity contribution in [2.45, 2.75) is 19.9 Å². The number of carbonyl (C=O) groups is 2. The first kappa shape index (κ1) is 19.6. The van der Waals surface area contributed by atoms with Crippen molar-refractivity contribution in [1.82, 2.24) is 19.7 Å². The van der Waals surface area contributed by atoms with Gasteiger partial charge < -0.3 is 15.5 Å². The number of likely N-dealkylation sites (N-methyl/N-ethyl adjacent to an activating group) is 1. The van der Waals surface area contributed by atoms with Crippen molar-refractivity contribution in [1.29, 1.82) is 0 Å². The van der Waals surface area contributed by atoms with Gasteiger partial charge in [0.25, 0.3) is 5.91 Å². The number of halogens is 1. The van der Waals surface area contributed by atoms with Gasteiger partial charge in [0.15, 0.2) is 11.6 Å². The Labute approximate surface area is 172 Å². The number of amides is 1. The Morgan fingerprint density at radius 3 is 2.87 bits per heavy atom. The number of anilines is 4. The van der Waals surface area contributed by atoms with Crippen LogP contribution in [0.2, 0.25) is 0 Å². The van der Waals surface area contributed by atoms with E-state index in [0.29, 0.717) is 29.3 Å². The smallest absolute Gasteiger partial charge is 0.255 e. The van der Waals surface area contributed by atoms with E-state index in [1.807, 2.05) is 12.1 Å². The molecule has 1 aliphatic rings. The van der Waals surface area contributed by atoms with Crippen LogP contribution in [-0.4, -0.2) is 44.9 Å². The molecule has 0 atom stereocenters. The van der Waals surface area contributed by atoms with E-state index in [2.05, 4.69) is 20.7 Å². The summed E-state index contributed by atoms with van der Waals surface area (Å²) in [6.45, 7) is 2.32. The third-order valence-corrected chi connectivity index (χ3v) is 4.84. The van der Waals surface area contributed by atoms with Crippen molar-refractivity contribution in [3.63, 3.8) is 0 Å². The number of nitrogens with one attached hydrogen (secondary N) is 2. The second kappa shape index (κ2) is 7.94. The highest BCUT2D eigenvalue weighted by Gasteiger charge is 2.24. The van der Waals surface area contributed by atoms with Gasteiger partial charge in [0.2, 0.25) is 0 Å². The number of ketones is 1. The van der Waals surface area contributed by atoms with Crippen molar-refractivity contribution < 1.29 is 14.0 Å². The fraction of sp³-hybridized carbons (Fsp3) is 0.238. The summed E-state index contributed by atoms with van der Waals surface area (Å²) in [5, 5.41) is 10.2. The molecule has 154 valence electrons. The molecular weight excluding hydrogens is 387 g/mol. The standard InChI is InChI=1S/C21H21FN6O2/c1-13(29)11-28-12-15(9-24-28)25-19-8-18(16(22)10-23-19)26-17-5-3-4-14-6-7-27(2)21(30)20(14)17/h3-5,8-10,12H,6-7,11H2,1-2H3,(H2,23,25,26). The molecule has 1 aliphatic heterocycles. The molecule has 0 saturated carbocycles. The van der Waals surface area contributed by atoms with E-state index < -0.39 is 5.82 Å². The SMILES string of the molecule is CC(=O)Cn1cc(Nc2cc(Nc3cccc4c3C(=O)N(C)CC4)c(F)cn2)cn1. The van der Waals surface area contributed by atoms with Crippen molar-refractivity contribution >= 4 is 34.6 Å². The van der Waals surface area contributed by atoms with E-state index in [1.165, 1.54) is 17.7 Å². The van der Waals surface area contributed by atoms with Crippen LogP contribution in [0.25, 0.3) is 0 Å². The Balaban J connectivity index is 1.59. The Morgan fingerprint density at radius 2 is 2.07 bits per heavy atom. The van der Waals surface area contributed by atoms with Crippen LogP contribution in [0.1, 0.15) is 22.8 Å². The molecule has 30 heavy (non-hydrogen) atoms. The monoisotopic (exact) mass is 408 g/mol. The zero-order valence-electron chi connectivity index (χ0n) is 16.6. The summed E-state index contributed by atoms with van der Waals surface area (Å²) in [4.78, 5) is 29.6. The zero-order valence-corrected chi connectivity index (χ0v) is 16.6. The van der Waals surface area contributed by atoms with Crippen LogP contribution in [0.5, 0.6) is 0 Å². The molecule has 2 N–H and O–H groups in total. The number of carbonyl (C=O) groups excluding carboxylic acids is 2. The molecule has 9 heteroatoms. The van der Waals surface area contributed by atoms with Gasteiger partial charge in [0.1, 0.15) is 5.82 Å². The van der Waals surface area contributed by atoms with E-state index in [0.717, 1.165) is 18.2 Å². The largest absolute Gasteiger partial charge is 0.352 e. The van der Waals surface area contributed by atoms with Crippen LogP contribution in [-0.2, 0) is 17.8 Å². The molecule has 0 saturated heterocycles. The zero-order chi connectivity index (χ0) is 21.3. The van der Waals surface area contributed by atoms with Crippen molar-refractivity contribution in [2.75, 3.05) is 24.2 Å². The maximum absolute atomic E-state index is 14.4. The Hall–Kier alpha value is -3.75. The number of rotatable bonds is 6. The van der Waals surface area contributed by atoms with Crippen LogP contribution in [0.4, 0.5) is 27.3 Å². The lowest BCUT2D eigenvalue weighted by atomic mass is 9.97. The van der Waals surface area contributed by atoms with Crippen LogP contribution in [0.3, 0.4) is 0 Å². The van der Waals surface area contributed by atoms with Gasteiger partial charge in [0, 0.05) is 25.9 Å². The topological polar surface area (TPSA) is 92.2 Å². The lowest BCUT2D eigenvalue weighted by Gasteiger charge is -2.27. The van der Waals surface area contributed by atoms with Gasteiger partial charge in [0.05, 0.1) is 41.6 Å². The maximum atomic E-state index is 14.4. The van der Waals surface area contributed by atoms with Crippen LogP contribution in [0, 0.1) is 5.82 Å². The van der Waals surface area contributed by atoms with E-state index in [1.54, 1.807) is 30.4 Å². The average molecular weight is 408 g/mol. The van der Waals surface area contributed by atoms with E-state index >= 15 is 0 Å². The molecule has 1 amide bonds. The van der Waals surface area contributed by atoms with Crippen LogP contribution >= 0.6 is 0 Å². The molecule has 0 radical (unpaired) electrons. The Bertz CT molecular complexity index is 1130. The summed E-state index contributed by atoms with van der Waals surface area (Å²) in [7, 11) is 1.75. The van der Waals surface area contributed by atoms with E-state index in [9.17, 15) is 14.0 Å². The molecule has 3 heterocycles. The molecule has 0 aliphatic carbocycles. The molecule has 0 bridgehead atoms. The molecular formula is C21H21FN6O2. The summed E-state index contributed by atoms with van der Waals surface area (Å²) in [5.74, 6) is -0.246. The highest BCUT2D eigenvalue weighted by molar-refractivity contribution is 6.02. The van der Waals surface area contributed by atoms with E-state index in [4.69, 9.17) is 0 Å². The minimum absolute atomic E-state index is 0.0116. The lowest BCUT2D eigenvalue weighted by molar-refractivity contribution is -0.117. The average Bonchev–Trinajstić information content (AvgIpc) is 3.13. The highest BCUT2D eigenvalue weighted by Crippen LogP contribution is 2.30. The number of Topliss-reactive ketones (excluding diaryl/α,β-unsaturated/α-hetero) is 1. The molecule has 1 aromatic carbocycles. The van der Waals surface area contributed by atoms with Gasteiger partial charge in [-0.2, -0.15) is 5.10 Å². The summed E-state index contributed by atoms with van der Waals surface area (Å²) < 4.78 is 16.0. The Kier molecular flexibility index (Phi) is 5.18. The van der Waals surface area contributed by atoms with Gasteiger partial charge in [-0.3, -0.25) is 14.3 Å². The summed E-state index contributed by atoms with van der Waals surface area (Å²) >= 11 is 0. The number of pyridine rings is 1. The van der Waals surface area contributed by atoms with Crippen LogP contribution in [0.15, 0.2) is 42.9 Å². The molecule has 3 aromatic rings. The number of aromatic nitrogens is 3. The fourth-order valence-corrected chi connectivity index (χ4v) is 3.38. The summed E-state index contributed by atoms with van der Waals surface area (Å²) in [5.41, 5.74) is 2.86. The number of fused-ring (bicyclic) bond motifs is 1. The predicted molar refractivity (Wildman–Crippen MR) is 111 cm³/mol. The van der Waals surface area contributed by atoms with E-state index in [-0.39, 0.29) is 23.9 Å². The number of hydrogen-bond donors (Lipinski definition) is 2. The molecule has 0 fully saturated rings. The maximum Gasteiger partial charge on any atom is 0.255 e. The van der Waals surface area contributed by atoms with Gasteiger partial charge in [-0.25, -0.2) is 9.37 Å². The minimum Gasteiger partial charge on any atom is -0.352 e. The molecule has 8 nitrogen and oxygen atoms in total. The third-order valence-electron chi connectivity index (χ3n) is 4.84. The number of benzene rings is 1. The lowest BCUT2D eigenvalue weighted by Crippen LogP contribution is -2.34. The Morgan fingerprint density at radius 1 is 1.23 bits per heavy atom. The molecule has 2 aromatic heterocycles. The first-order valence-electron chi connectivity index (χ1n) is 9.49. The van der Waals surface area contributed by atoms with Gasteiger partial charge in [-0.15, -0.1) is 0 Å². The van der Waals surface area contributed by atoms with Crippen molar-refractivity contribution in [3.8, 4) is 0 Å². The highest BCUT2D eigenvalue weighted by atomic mass is 19.1. The third kappa shape index (κ3) is 4.00. The summed E-state index contributed by atoms with van der Waals surface area (Å²) in [6.07, 6.45) is 5.09. The fourth-order valence-electron chi connectivity index (χ4n) is 3.38. The quantitative estimate of drug-likeness (QED) is 0.651. The second-order valence-corrected chi connectivity index (χ2v) is 7.24. The minimum atomic E-state index is -0.540. The summed E-state index contributed by atoms with van der Waals surface area (Å²) in [6, 6.07) is 7.05. The van der Waals surface area contributed by atoms with Crippen molar-refractivity contribution in [2.24, 2.45) is 0 Å². The van der Waals surface area contributed by atoms with Gasteiger partial charge >= 0.3 is 0 Å². The first-order chi connectivity index (χ1) is 14.4. The first-order valence-corrected chi connectivity index (χ1v) is 9.49. The van der Waals surface area contributed by atoms with Crippen LogP contribution < -0.4 is 10.6 Å². The second-order valence-electron chi connectivity index (χ2n) is 7.24. The van der Waals surface area contributed by atoms with Gasteiger partial charge in [-0.05, 0) is 25.0 Å². The van der Waals surface area contributed by atoms with Gasteiger partial charge in [-0.1, -0.05) is 12.1 Å². The number of hydrogen-bond acceptors (Lipinski definition) is 6. The molecule has 0 unspecified atom stereocenters. The normalized spacial score (nSPS) is 13.2. The number of nitrogens with zero attached hydrogens (tertiary/aromatic N) is 4. The van der Waals surface area contributed by atoms with Crippen molar-refractivity contribution in [3.05, 3.63) is 59.8 Å². The predicted octanol–water partition coefficient (Wildman–Crippen LogP) is 3.12. The molecule has 0 spiro atoms. The molecule has 4 rings (SSSR count).